The molecule has 0 saturated heterocycles. The molecule has 0 amide bonds. The average molecular weight is 352 g/mol. The van der Waals surface area contributed by atoms with Gasteiger partial charge in [-0.2, -0.15) is 4.98 Å². The lowest BCUT2D eigenvalue weighted by Gasteiger charge is -2.09. The Morgan fingerprint density at radius 2 is 2.08 bits per heavy atom. The Kier molecular flexibility index (Phi) is 3.82. The molecule has 0 spiro atoms. The van der Waals surface area contributed by atoms with E-state index in [-0.39, 0.29) is 5.00 Å². The highest BCUT2D eigenvalue weighted by molar-refractivity contribution is 7.21. The summed E-state index contributed by atoms with van der Waals surface area (Å²) >= 11 is 1.03. The van der Waals surface area contributed by atoms with E-state index in [1.807, 2.05) is 30.3 Å². The molecular weight excluding hydrogens is 340 g/mol. The van der Waals surface area contributed by atoms with Gasteiger partial charge in [0.1, 0.15) is 17.0 Å². The number of nitrogens with one attached hydrogen (secondary N) is 1. The Morgan fingerprint density at radius 1 is 1.24 bits per heavy atom. The van der Waals surface area contributed by atoms with E-state index in [4.69, 9.17) is 0 Å². The summed E-state index contributed by atoms with van der Waals surface area (Å²) in [7, 11) is 0. The quantitative estimate of drug-likeness (QED) is 0.436. The fourth-order valence-corrected chi connectivity index (χ4v) is 3.24. The van der Waals surface area contributed by atoms with Gasteiger partial charge < -0.3 is 5.32 Å². The highest BCUT2D eigenvalue weighted by Gasteiger charge is 2.18. The summed E-state index contributed by atoms with van der Waals surface area (Å²) in [5, 5.41) is 15.0. The minimum absolute atomic E-state index is 0.0369. The lowest BCUT2D eigenvalue weighted by Crippen LogP contribution is -2.06. The van der Waals surface area contributed by atoms with Crippen LogP contribution in [-0.2, 0) is 6.54 Å². The van der Waals surface area contributed by atoms with Crippen molar-refractivity contribution in [3.05, 3.63) is 70.8 Å². The number of anilines is 1. The van der Waals surface area contributed by atoms with Crippen molar-refractivity contribution >= 4 is 32.4 Å². The maximum atomic E-state index is 11.1. The second-order valence-electron chi connectivity index (χ2n) is 5.24. The fraction of sp³-hybridized carbons (Fsp3) is 0.0625. The molecule has 0 aliphatic heterocycles. The number of imidazole rings is 1. The molecule has 4 rings (SSSR count). The van der Waals surface area contributed by atoms with E-state index in [2.05, 4.69) is 20.3 Å². The zero-order valence-electron chi connectivity index (χ0n) is 12.9. The summed E-state index contributed by atoms with van der Waals surface area (Å²) in [6.07, 6.45) is 4.94. The molecule has 9 heteroatoms. The molecule has 1 aromatic carbocycles. The minimum atomic E-state index is -0.412. The van der Waals surface area contributed by atoms with Crippen LogP contribution in [-0.4, -0.2) is 24.4 Å². The van der Waals surface area contributed by atoms with Crippen LogP contribution in [0.4, 0.5) is 10.8 Å². The van der Waals surface area contributed by atoms with Gasteiger partial charge in [0.15, 0.2) is 0 Å². The molecule has 0 aliphatic rings. The lowest BCUT2D eigenvalue weighted by atomic mass is 10.2. The monoisotopic (exact) mass is 352 g/mol. The number of thiophene rings is 1. The van der Waals surface area contributed by atoms with Crippen LogP contribution >= 0.6 is 11.3 Å². The Hall–Kier alpha value is -3.33. The van der Waals surface area contributed by atoms with Gasteiger partial charge in [0.05, 0.1) is 10.3 Å². The average Bonchev–Trinajstić information content (AvgIpc) is 3.29. The van der Waals surface area contributed by atoms with Crippen LogP contribution in [0.2, 0.25) is 0 Å². The molecule has 0 radical (unpaired) electrons. The molecule has 3 heterocycles. The highest BCUT2D eigenvalue weighted by atomic mass is 32.1. The van der Waals surface area contributed by atoms with Crippen LogP contribution in [0.5, 0.6) is 0 Å². The molecule has 0 fully saturated rings. The predicted molar refractivity (Wildman–Crippen MR) is 95.0 cm³/mol. The summed E-state index contributed by atoms with van der Waals surface area (Å²) in [5.41, 5.74) is 1.09. The fourth-order valence-electron chi connectivity index (χ4n) is 2.40. The van der Waals surface area contributed by atoms with Gasteiger partial charge in [-0.1, -0.05) is 30.3 Å². The minimum Gasteiger partial charge on any atom is -0.365 e. The van der Waals surface area contributed by atoms with E-state index in [0.29, 0.717) is 28.5 Å². The van der Waals surface area contributed by atoms with E-state index >= 15 is 0 Å². The topological polar surface area (TPSA) is 98.8 Å². The van der Waals surface area contributed by atoms with Crippen LogP contribution in [0.3, 0.4) is 0 Å². The summed E-state index contributed by atoms with van der Waals surface area (Å²) in [6.45, 7) is 0.556. The molecule has 3 aromatic heterocycles. The Labute approximate surface area is 146 Å². The van der Waals surface area contributed by atoms with Crippen molar-refractivity contribution in [1.29, 1.82) is 0 Å². The Balaban J connectivity index is 1.77. The van der Waals surface area contributed by atoms with Crippen molar-refractivity contribution in [3.63, 3.8) is 0 Å². The zero-order valence-corrected chi connectivity index (χ0v) is 13.7. The smallest absolute Gasteiger partial charge is 0.326 e. The number of benzene rings is 1. The van der Waals surface area contributed by atoms with Crippen molar-refractivity contribution in [3.8, 4) is 5.95 Å². The van der Waals surface area contributed by atoms with Crippen LogP contribution in [0.25, 0.3) is 16.2 Å². The largest absolute Gasteiger partial charge is 0.365 e. The van der Waals surface area contributed by atoms with E-state index in [0.717, 1.165) is 16.9 Å². The first-order chi connectivity index (χ1) is 12.2. The van der Waals surface area contributed by atoms with Gasteiger partial charge in [-0.05, 0) is 16.9 Å². The van der Waals surface area contributed by atoms with E-state index in [1.165, 1.54) is 6.07 Å². The lowest BCUT2D eigenvalue weighted by molar-refractivity contribution is -0.380. The first kappa shape index (κ1) is 15.2. The third-order valence-electron chi connectivity index (χ3n) is 3.59. The standard InChI is InChI=1S/C16H12N6O2S/c23-22(24)13-8-12-14(18-9-11-4-2-1-3-5-11)19-16(20-15(12)25-13)21-7-6-17-10-21/h1-8,10H,9H2,(H,18,19,20). The number of nitro groups is 1. The zero-order chi connectivity index (χ0) is 17.2. The first-order valence-corrected chi connectivity index (χ1v) is 8.24. The number of rotatable bonds is 5. The molecule has 0 aliphatic carbocycles. The summed E-state index contributed by atoms with van der Waals surface area (Å²) in [5.74, 6) is 0.971. The maximum Gasteiger partial charge on any atom is 0.326 e. The molecule has 8 nitrogen and oxygen atoms in total. The number of aromatic nitrogens is 4. The number of hydrogen-bond acceptors (Lipinski definition) is 7. The van der Waals surface area contributed by atoms with Gasteiger partial charge in [-0.15, -0.1) is 0 Å². The molecule has 0 saturated carbocycles. The predicted octanol–water partition coefficient (Wildman–Crippen LogP) is 3.40. The molecule has 0 atom stereocenters. The van der Waals surface area contributed by atoms with Crippen molar-refractivity contribution in [1.82, 2.24) is 19.5 Å². The molecule has 4 aromatic rings. The number of hydrogen-bond donors (Lipinski definition) is 1. The summed E-state index contributed by atoms with van der Waals surface area (Å²) in [4.78, 5) is 24.2. The first-order valence-electron chi connectivity index (χ1n) is 7.43. The molecule has 124 valence electrons. The highest BCUT2D eigenvalue weighted by Crippen LogP contribution is 2.34. The molecule has 0 unspecified atom stereocenters. The maximum absolute atomic E-state index is 11.1. The number of nitrogens with zero attached hydrogens (tertiary/aromatic N) is 5. The molecule has 1 N–H and O–H groups in total. The molecule has 0 bridgehead atoms. The Bertz CT molecular complexity index is 1030. The third-order valence-corrected chi connectivity index (χ3v) is 4.57. The van der Waals surface area contributed by atoms with E-state index < -0.39 is 4.92 Å². The van der Waals surface area contributed by atoms with Gasteiger partial charge in [-0.3, -0.25) is 14.7 Å². The van der Waals surface area contributed by atoms with Crippen molar-refractivity contribution in [2.75, 3.05) is 5.32 Å². The van der Waals surface area contributed by atoms with Gasteiger partial charge >= 0.3 is 5.00 Å². The van der Waals surface area contributed by atoms with Gasteiger partial charge in [-0.25, -0.2) is 9.97 Å². The van der Waals surface area contributed by atoms with E-state index in [1.54, 1.807) is 23.3 Å². The second kappa shape index (κ2) is 6.29. The SMILES string of the molecule is O=[N+]([O-])c1cc2c(NCc3ccccc3)nc(-n3ccnc3)nc2s1. The Morgan fingerprint density at radius 3 is 2.80 bits per heavy atom. The van der Waals surface area contributed by atoms with Crippen LogP contribution in [0, 0.1) is 10.1 Å². The second-order valence-corrected chi connectivity index (χ2v) is 6.25. The van der Waals surface area contributed by atoms with Crippen LogP contribution in [0.15, 0.2) is 55.1 Å². The molecule has 25 heavy (non-hydrogen) atoms. The van der Waals surface area contributed by atoms with Crippen molar-refractivity contribution in [2.24, 2.45) is 0 Å². The van der Waals surface area contributed by atoms with Crippen molar-refractivity contribution in [2.45, 2.75) is 6.54 Å². The van der Waals surface area contributed by atoms with E-state index in [9.17, 15) is 10.1 Å². The van der Waals surface area contributed by atoms with Gasteiger partial charge in [0, 0.05) is 25.0 Å². The van der Waals surface area contributed by atoms with Gasteiger partial charge in [0.2, 0.25) is 5.95 Å². The normalized spacial score (nSPS) is 10.9. The van der Waals surface area contributed by atoms with Crippen molar-refractivity contribution < 1.29 is 4.92 Å². The van der Waals surface area contributed by atoms with Crippen LogP contribution in [0.1, 0.15) is 5.56 Å². The summed E-state index contributed by atoms with van der Waals surface area (Å²) < 4.78 is 1.67. The third kappa shape index (κ3) is 3.04. The number of fused-ring (bicyclic) bond motifs is 1. The summed E-state index contributed by atoms with van der Waals surface area (Å²) in [6, 6.07) is 11.4. The van der Waals surface area contributed by atoms with Crippen LogP contribution < -0.4 is 5.32 Å². The van der Waals surface area contributed by atoms with Gasteiger partial charge in [0.25, 0.3) is 0 Å². The molecular formula is C16H12N6O2S.